The summed E-state index contributed by atoms with van der Waals surface area (Å²) in [5.74, 6) is 0.576. The van der Waals surface area contributed by atoms with Gasteiger partial charge >= 0.3 is 0 Å². The quantitative estimate of drug-likeness (QED) is 0.733. The second kappa shape index (κ2) is 7.57. The van der Waals surface area contributed by atoms with E-state index in [-0.39, 0.29) is 5.91 Å². The minimum atomic E-state index is -0.139. The zero-order chi connectivity index (χ0) is 16.8. The van der Waals surface area contributed by atoms with Crippen molar-refractivity contribution in [1.82, 2.24) is 15.3 Å². The van der Waals surface area contributed by atoms with E-state index in [2.05, 4.69) is 15.3 Å². The highest BCUT2D eigenvalue weighted by atomic mass is 16.5. The highest BCUT2D eigenvalue weighted by Crippen LogP contribution is 2.16. The van der Waals surface area contributed by atoms with Gasteiger partial charge in [0.25, 0.3) is 5.91 Å². The summed E-state index contributed by atoms with van der Waals surface area (Å²) in [5, 5.41) is 2.89. The average Bonchev–Trinajstić information content (AvgIpc) is 3.10. The molecule has 3 rings (SSSR count). The lowest BCUT2D eigenvalue weighted by Crippen LogP contribution is -2.24. The molecule has 0 aliphatic rings. The second-order valence-corrected chi connectivity index (χ2v) is 5.38. The van der Waals surface area contributed by atoms with E-state index in [9.17, 15) is 4.79 Å². The van der Waals surface area contributed by atoms with Crippen molar-refractivity contribution in [3.63, 3.8) is 0 Å². The number of aromatic amines is 1. The lowest BCUT2D eigenvalue weighted by atomic mass is 10.1. The molecule has 0 fully saturated rings. The molecule has 0 spiro atoms. The molecule has 2 N–H and O–H groups in total. The van der Waals surface area contributed by atoms with Crippen LogP contribution in [0.4, 0.5) is 0 Å². The monoisotopic (exact) mass is 321 g/mol. The average molecular weight is 321 g/mol. The standard InChI is InChI=1S/C19H19N3O2/c1-24-13-15-9-5-6-10-16(15)19(23)21-12-18-20-11-17(22-18)14-7-3-2-4-8-14/h2-11H,12-13H2,1H3,(H,20,22)(H,21,23). The molecule has 24 heavy (non-hydrogen) atoms. The fourth-order valence-electron chi connectivity index (χ4n) is 2.50. The first-order chi connectivity index (χ1) is 11.8. The first kappa shape index (κ1) is 16.0. The Hall–Kier alpha value is -2.92. The lowest BCUT2D eigenvalue weighted by Gasteiger charge is -2.08. The zero-order valence-electron chi connectivity index (χ0n) is 13.5. The highest BCUT2D eigenvalue weighted by molar-refractivity contribution is 5.95. The minimum Gasteiger partial charge on any atom is -0.380 e. The third kappa shape index (κ3) is 3.70. The molecule has 1 aromatic heterocycles. The van der Waals surface area contributed by atoms with Crippen LogP contribution >= 0.6 is 0 Å². The molecule has 0 aliphatic heterocycles. The zero-order valence-corrected chi connectivity index (χ0v) is 13.5. The van der Waals surface area contributed by atoms with Gasteiger partial charge in [-0.05, 0) is 17.2 Å². The Balaban J connectivity index is 1.66. The summed E-state index contributed by atoms with van der Waals surface area (Å²) in [6.45, 7) is 0.746. The topological polar surface area (TPSA) is 67.0 Å². The van der Waals surface area contributed by atoms with E-state index < -0.39 is 0 Å². The number of carbonyl (C=O) groups is 1. The Morgan fingerprint density at radius 2 is 1.88 bits per heavy atom. The van der Waals surface area contributed by atoms with Crippen LogP contribution in [0.5, 0.6) is 0 Å². The largest absolute Gasteiger partial charge is 0.380 e. The molecule has 2 aromatic carbocycles. The number of hydrogen-bond acceptors (Lipinski definition) is 3. The number of imidazole rings is 1. The van der Waals surface area contributed by atoms with Crippen molar-refractivity contribution in [2.24, 2.45) is 0 Å². The maximum absolute atomic E-state index is 12.4. The molecule has 0 radical (unpaired) electrons. The van der Waals surface area contributed by atoms with Crippen LogP contribution in [0.25, 0.3) is 11.3 Å². The Bertz CT molecular complexity index is 812. The van der Waals surface area contributed by atoms with E-state index in [0.717, 1.165) is 16.8 Å². The number of amides is 1. The Morgan fingerprint density at radius 1 is 1.12 bits per heavy atom. The smallest absolute Gasteiger partial charge is 0.252 e. The van der Waals surface area contributed by atoms with Crippen molar-refractivity contribution in [3.05, 3.63) is 77.7 Å². The SMILES string of the molecule is COCc1ccccc1C(=O)NCc1ncc(-c2ccccc2)[nH]1. The van der Waals surface area contributed by atoms with Crippen LogP contribution in [0.2, 0.25) is 0 Å². The Labute approximate surface area is 140 Å². The first-order valence-corrected chi connectivity index (χ1v) is 7.72. The molecule has 5 heteroatoms. The fraction of sp³-hybridized carbons (Fsp3) is 0.158. The van der Waals surface area contributed by atoms with Crippen LogP contribution in [0.3, 0.4) is 0 Å². The van der Waals surface area contributed by atoms with Crippen LogP contribution in [-0.4, -0.2) is 23.0 Å². The summed E-state index contributed by atoms with van der Waals surface area (Å²) in [7, 11) is 1.61. The lowest BCUT2D eigenvalue weighted by molar-refractivity contribution is 0.0945. The van der Waals surface area contributed by atoms with Crippen LogP contribution in [0.15, 0.2) is 60.8 Å². The number of methoxy groups -OCH3 is 1. The number of aromatic nitrogens is 2. The Morgan fingerprint density at radius 3 is 2.67 bits per heavy atom. The summed E-state index contributed by atoms with van der Waals surface area (Å²) < 4.78 is 5.14. The third-order valence-electron chi connectivity index (χ3n) is 3.69. The summed E-state index contributed by atoms with van der Waals surface area (Å²) in [5.41, 5.74) is 3.48. The number of benzene rings is 2. The van der Waals surface area contributed by atoms with Crippen molar-refractivity contribution in [1.29, 1.82) is 0 Å². The summed E-state index contributed by atoms with van der Waals surface area (Å²) >= 11 is 0. The van der Waals surface area contributed by atoms with Crippen LogP contribution in [0.1, 0.15) is 21.7 Å². The summed E-state index contributed by atoms with van der Waals surface area (Å²) in [4.78, 5) is 19.9. The van der Waals surface area contributed by atoms with Crippen molar-refractivity contribution < 1.29 is 9.53 Å². The molecule has 1 heterocycles. The van der Waals surface area contributed by atoms with Gasteiger partial charge in [0.1, 0.15) is 5.82 Å². The Kier molecular flexibility index (Phi) is 5.03. The maximum Gasteiger partial charge on any atom is 0.252 e. The van der Waals surface area contributed by atoms with E-state index >= 15 is 0 Å². The van der Waals surface area contributed by atoms with E-state index in [1.165, 1.54) is 0 Å². The van der Waals surface area contributed by atoms with Gasteiger partial charge in [-0.25, -0.2) is 4.98 Å². The normalized spacial score (nSPS) is 10.5. The van der Waals surface area contributed by atoms with Gasteiger partial charge in [0, 0.05) is 12.7 Å². The number of nitrogens with one attached hydrogen (secondary N) is 2. The summed E-state index contributed by atoms with van der Waals surface area (Å²) in [6, 6.07) is 17.4. The molecule has 1 amide bonds. The molecule has 0 saturated carbocycles. The molecule has 3 aromatic rings. The minimum absolute atomic E-state index is 0.139. The third-order valence-corrected chi connectivity index (χ3v) is 3.69. The first-order valence-electron chi connectivity index (χ1n) is 7.72. The molecule has 0 bridgehead atoms. The molecule has 0 unspecified atom stereocenters. The van der Waals surface area contributed by atoms with Gasteiger partial charge < -0.3 is 15.0 Å². The van der Waals surface area contributed by atoms with Crippen molar-refractivity contribution in [3.8, 4) is 11.3 Å². The van der Waals surface area contributed by atoms with Gasteiger partial charge in [0.15, 0.2) is 0 Å². The van der Waals surface area contributed by atoms with Crippen LogP contribution < -0.4 is 5.32 Å². The molecule has 0 saturated heterocycles. The summed E-state index contributed by atoms with van der Waals surface area (Å²) in [6.07, 6.45) is 1.77. The van der Waals surface area contributed by atoms with Gasteiger partial charge in [-0.2, -0.15) is 0 Å². The number of ether oxygens (including phenoxy) is 1. The van der Waals surface area contributed by atoms with Gasteiger partial charge in [-0.1, -0.05) is 48.5 Å². The molecule has 0 aliphatic carbocycles. The maximum atomic E-state index is 12.4. The number of H-pyrrole nitrogens is 1. The number of nitrogens with zero attached hydrogens (tertiary/aromatic N) is 1. The van der Waals surface area contributed by atoms with E-state index in [1.54, 1.807) is 19.4 Å². The van der Waals surface area contributed by atoms with Crippen LogP contribution in [-0.2, 0) is 17.9 Å². The van der Waals surface area contributed by atoms with Gasteiger partial charge in [0.2, 0.25) is 0 Å². The molecule has 122 valence electrons. The van der Waals surface area contributed by atoms with E-state index in [4.69, 9.17) is 4.74 Å². The fourth-order valence-corrected chi connectivity index (χ4v) is 2.50. The number of rotatable bonds is 6. The highest BCUT2D eigenvalue weighted by Gasteiger charge is 2.11. The molecular weight excluding hydrogens is 302 g/mol. The van der Waals surface area contributed by atoms with E-state index in [0.29, 0.717) is 24.5 Å². The molecule has 0 atom stereocenters. The van der Waals surface area contributed by atoms with Crippen molar-refractivity contribution in [2.75, 3.05) is 7.11 Å². The van der Waals surface area contributed by atoms with Gasteiger partial charge in [-0.3, -0.25) is 4.79 Å². The van der Waals surface area contributed by atoms with Crippen LogP contribution in [0, 0.1) is 0 Å². The number of carbonyl (C=O) groups excluding carboxylic acids is 1. The van der Waals surface area contributed by atoms with E-state index in [1.807, 2.05) is 48.5 Å². The number of hydrogen-bond donors (Lipinski definition) is 2. The predicted molar refractivity (Wildman–Crippen MR) is 92.3 cm³/mol. The van der Waals surface area contributed by atoms with Gasteiger partial charge in [-0.15, -0.1) is 0 Å². The molecular formula is C19H19N3O2. The van der Waals surface area contributed by atoms with Gasteiger partial charge in [0.05, 0.1) is 25.0 Å². The second-order valence-electron chi connectivity index (χ2n) is 5.38. The van der Waals surface area contributed by atoms with Crippen molar-refractivity contribution in [2.45, 2.75) is 13.2 Å². The van der Waals surface area contributed by atoms with Crippen molar-refractivity contribution >= 4 is 5.91 Å². The predicted octanol–water partition coefficient (Wildman–Crippen LogP) is 3.15. The molecule has 5 nitrogen and oxygen atoms in total.